The number of methoxy groups -OCH3 is 1. The van der Waals surface area contributed by atoms with Gasteiger partial charge in [0.25, 0.3) is 0 Å². The smallest absolute Gasteiger partial charge is 0.204 e. The molecule has 0 aliphatic rings. The van der Waals surface area contributed by atoms with Crippen molar-refractivity contribution in [2.24, 2.45) is 5.10 Å². The SMILES string of the molecule is COc1ccc(-c2nc(N/N=C/c3ccc(F)cc3)sc2C)cc1. The van der Waals surface area contributed by atoms with E-state index in [0.29, 0.717) is 5.13 Å². The van der Waals surface area contributed by atoms with Gasteiger partial charge in [0.1, 0.15) is 11.6 Å². The van der Waals surface area contributed by atoms with E-state index in [-0.39, 0.29) is 5.82 Å². The number of hydrogen-bond donors (Lipinski definition) is 1. The Morgan fingerprint density at radius 3 is 2.50 bits per heavy atom. The summed E-state index contributed by atoms with van der Waals surface area (Å²) in [5.41, 5.74) is 5.68. The van der Waals surface area contributed by atoms with Crippen LogP contribution in [0.4, 0.5) is 9.52 Å². The molecule has 1 N–H and O–H groups in total. The summed E-state index contributed by atoms with van der Waals surface area (Å²) in [6, 6.07) is 13.9. The molecular weight excluding hydrogens is 325 g/mol. The maximum atomic E-state index is 12.9. The third-order valence-corrected chi connectivity index (χ3v) is 4.28. The first kappa shape index (κ1) is 16.1. The van der Waals surface area contributed by atoms with Crippen molar-refractivity contribution in [2.75, 3.05) is 12.5 Å². The average molecular weight is 341 g/mol. The fraction of sp³-hybridized carbons (Fsp3) is 0.111. The minimum absolute atomic E-state index is 0.264. The van der Waals surface area contributed by atoms with E-state index in [1.165, 1.54) is 23.5 Å². The predicted octanol–water partition coefficient (Wildman–Crippen LogP) is 4.71. The molecule has 2 aromatic carbocycles. The highest BCUT2D eigenvalue weighted by atomic mass is 32.1. The molecule has 0 radical (unpaired) electrons. The van der Waals surface area contributed by atoms with Crippen LogP contribution in [0, 0.1) is 12.7 Å². The normalized spacial score (nSPS) is 11.0. The zero-order valence-corrected chi connectivity index (χ0v) is 14.1. The number of rotatable bonds is 5. The van der Waals surface area contributed by atoms with Crippen molar-refractivity contribution in [3.63, 3.8) is 0 Å². The Morgan fingerprint density at radius 2 is 1.83 bits per heavy atom. The minimum Gasteiger partial charge on any atom is -0.497 e. The fourth-order valence-electron chi connectivity index (χ4n) is 2.17. The summed E-state index contributed by atoms with van der Waals surface area (Å²) in [6.07, 6.45) is 1.63. The number of aromatic nitrogens is 1. The van der Waals surface area contributed by atoms with Gasteiger partial charge in [-0.1, -0.05) is 12.1 Å². The first-order valence-electron chi connectivity index (χ1n) is 7.32. The molecule has 0 saturated carbocycles. The number of nitrogens with one attached hydrogen (secondary N) is 1. The molecule has 3 aromatic rings. The highest BCUT2D eigenvalue weighted by Gasteiger charge is 2.09. The highest BCUT2D eigenvalue weighted by Crippen LogP contribution is 2.31. The summed E-state index contributed by atoms with van der Waals surface area (Å²) < 4.78 is 18.0. The van der Waals surface area contributed by atoms with Crippen molar-refractivity contribution >= 4 is 22.7 Å². The topological polar surface area (TPSA) is 46.5 Å². The molecule has 1 aromatic heterocycles. The van der Waals surface area contributed by atoms with Gasteiger partial charge in [-0.3, -0.25) is 5.43 Å². The lowest BCUT2D eigenvalue weighted by Gasteiger charge is -2.01. The predicted molar refractivity (Wildman–Crippen MR) is 96.5 cm³/mol. The molecule has 6 heteroatoms. The molecule has 0 atom stereocenters. The largest absolute Gasteiger partial charge is 0.497 e. The van der Waals surface area contributed by atoms with Crippen LogP contribution in [-0.2, 0) is 0 Å². The van der Waals surface area contributed by atoms with Gasteiger partial charge in [0.2, 0.25) is 5.13 Å². The van der Waals surface area contributed by atoms with Crippen molar-refractivity contribution in [1.82, 2.24) is 4.98 Å². The Morgan fingerprint density at radius 1 is 1.12 bits per heavy atom. The number of hydrogen-bond acceptors (Lipinski definition) is 5. The van der Waals surface area contributed by atoms with Crippen LogP contribution in [0.5, 0.6) is 5.75 Å². The van der Waals surface area contributed by atoms with Crippen molar-refractivity contribution < 1.29 is 9.13 Å². The molecular formula is C18H16FN3OS. The number of halogens is 1. The van der Waals surface area contributed by atoms with E-state index in [1.807, 2.05) is 31.2 Å². The second-order valence-corrected chi connectivity index (χ2v) is 6.28. The quantitative estimate of drug-likeness (QED) is 0.540. The van der Waals surface area contributed by atoms with Gasteiger partial charge in [0, 0.05) is 10.4 Å². The van der Waals surface area contributed by atoms with E-state index >= 15 is 0 Å². The summed E-state index contributed by atoms with van der Waals surface area (Å²) in [5, 5.41) is 4.85. The van der Waals surface area contributed by atoms with Gasteiger partial charge in [-0.15, -0.1) is 11.3 Å². The van der Waals surface area contributed by atoms with Crippen molar-refractivity contribution in [3.8, 4) is 17.0 Å². The van der Waals surface area contributed by atoms with Gasteiger partial charge in [0.15, 0.2) is 0 Å². The summed E-state index contributed by atoms with van der Waals surface area (Å²) in [4.78, 5) is 5.67. The Hall–Kier alpha value is -2.73. The van der Waals surface area contributed by atoms with Gasteiger partial charge < -0.3 is 4.74 Å². The number of anilines is 1. The van der Waals surface area contributed by atoms with E-state index in [2.05, 4.69) is 15.5 Å². The second kappa shape index (κ2) is 7.23. The minimum atomic E-state index is -0.264. The molecule has 24 heavy (non-hydrogen) atoms. The lowest BCUT2D eigenvalue weighted by Crippen LogP contribution is -1.90. The number of nitrogens with zero attached hydrogens (tertiary/aromatic N) is 2. The molecule has 0 spiro atoms. The lowest BCUT2D eigenvalue weighted by molar-refractivity contribution is 0.415. The van der Waals surface area contributed by atoms with Crippen LogP contribution in [0.2, 0.25) is 0 Å². The summed E-state index contributed by atoms with van der Waals surface area (Å²) in [5.74, 6) is 0.550. The van der Waals surface area contributed by atoms with Gasteiger partial charge in [-0.25, -0.2) is 9.37 Å². The van der Waals surface area contributed by atoms with Gasteiger partial charge in [-0.2, -0.15) is 5.10 Å². The van der Waals surface area contributed by atoms with Crippen LogP contribution in [0.25, 0.3) is 11.3 Å². The summed E-state index contributed by atoms with van der Waals surface area (Å²) in [7, 11) is 1.64. The summed E-state index contributed by atoms with van der Waals surface area (Å²) in [6.45, 7) is 2.02. The molecule has 4 nitrogen and oxygen atoms in total. The molecule has 0 aliphatic carbocycles. The Bertz CT molecular complexity index is 842. The van der Waals surface area contributed by atoms with Gasteiger partial charge in [-0.05, 0) is 48.9 Å². The molecule has 0 fully saturated rings. The van der Waals surface area contributed by atoms with E-state index < -0.39 is 0 Å². The van der Waals surface area contributed by atoms with Crippen LogP contribution in [0.15, 0.2) is 53.6 Å². The lowest BCUT2D eigenvalue weighted by atomic mass is 10.1. The third-order valence-electron chi connectivity index (χ3n) is 3.40. The van der Waals surface area contributed by atoms with Crippen molar-refractivity contribution in [2.45, 2.75) is 6.92 Å². The number of benzene rings is 2. The number of thiazole rings is 1. The molecule has 3 rings (SSSR count). The number of ether oxygens (including phenoxy) is 1. The standard InChI is InChI=1S/C18H16FN3OS/c1-12-17(14-5-9-16(23-2)10-6-14)21-18(24-12)22-20-11-13-3-7-15(19)8-4-13/h3-11H,1-2H3,(H,21,22)/b20-11+. The molecule has 0 unspecified atom stereocenters. The number of hydrazone groups is 1. The Balaban J connectivity index is 1.72. The highest BCUT2D eigenvalue weighted by molar-refractivity contribution is 7.15. The third kappa shape index (κ3) is 3.78. The van der Waals surface area contributed by atoms with Crippen LogP contribution < -0.4 is 10.2 Å². The second-order valence-electron chi connectivity index (χ2n) is 5.07. The van der Waals surface area contributed by atoms with E-state index in [9.17, 15) is 4.39 Å². The van der Waals surface area contributed by atoms with Crippen LogP contribution >= 0.6 is 11.3 Å². The van der Waals surface area contributed by atoms with Crippen molar-refractivity contribution in [1.29, 1.82) is 0 Å². The first-order valence-corrected chi connectivity index (χ1v) is 8.14. The van der Waals surface area contributed by atoms with Crippen LogP contribution in [0.1, 0.15) is 10.4 Å². The average Bonchev–Trinajstić information content (AvgIpc) is 2.97. The van der Waals surface area contributed by atoms with E-state index in [1.54, 1.807) is 25.5 Å². The molecule has 0 saturated heterocycles. The molecule has 0 amide bonds. The first-order chi connectivity index (χ1) is 11.7. The Labute approximate surface area is 143 Å². The zero-order chi connectivity index (χ0) is 16.9. The molecule has 0 bridgehead atoms. The Kier molecular flexibility index (Phi) is 4.86. The fourth-order valence-corrected chi connectivity index (χ4v) is 2.96. The van der Waals surface area contributed by atoms with Crippen molar-refractivity contribution in [3.05, 3.63) is 64.8 Å². The van der Waals surface area contributed by atoms with Crippen LogP contribution in [-0.4, -0.2) is 18.3 Å². The van der Waals surface area contributed by atoms with E-state index in [0.717, 1.165) is 27.4 Å². The van der Waals surface area contributed by atoms with Crippen LogP contribution in [0.3, 0.4) is 0 Å². The molecule has 1 heterocycles. The molecule has 0 aliphatic heterocycles. The summed E-state index contributed by atoms with van der Waals surface area (Å²) >= 11 is 1.53. The van der Waals surface area contributed by atoms with E-state index in [4.69, 9.17) is 4.74 Å². The number of aryl methyl sites for hydroxylation is 1. The van der Waals surface area contributed by atoms with Gasteiger partial charge >= 0.3 is 0 Å². The zero-order valence-electron chi connectivity index (χ0n) is 13.3. The maximum Gasteiger partial charge on any atom is 0.204 e. The van der Waals surface area contributed by atoms with Gasteiger partial charge in [0.05, 0.1) is 19.0 Å². The maximum absolute atomic E-state index is 12.9. The molecule has 122 valence electrons. The monoisotopic (exact) mass is 341 g/mol.